The number of sulfonamides is 1. The summed E-state index contributed by atoms with van der Waals surface area (Å²) in [4.78, 5) is 14.5. The second kappa shape index (κ2) is 5.54. The van der Waals surface area contributed by atoms with Gasteiger partial charge in [0.2, 0.25) is 10.0 Å². The summed E-state index contributed by atoms with van der Waals surface area (Å²) in [5, 5.41) is 5.09. The quantitative estimate of drug-likeness (QED) is 0.921. The largest absolute Gasteiger partial charge is 0.336 e. The van der Waals surface area contributed by atoms with Gasteiger partial charge in [-0.2, -0.15) is 0 Å². The van der Waals surface area contributed by atoms with E-state index in [1.54, 1.807) is 13.0 Å². The third-order valence-electron chi connectivity index (χ3n) is 3.87. The molecule has 1 amide bonds. The Kier molecular flexibility index (Phi) is 4.15. The van der Waals surface area contributed by atoms with E-state index in [1.165, 1.54) is 12.1 Å². The summed E-state index contributed by atoms with van der Waals surface area (Å²) in [6.07, 6.45) is 3.01. The van der Waals surface area contributed by atoms with E-state index in [0.29, 0.717) is 17.2 Å². The molecule has 1 aromatic carbocycles. The Bertz CT molecular complexity index is 625. The summed E-state index contributed by atoms with van der Waals surface area (Å²) >= 11 is 0. The van der Waals surface area contributed by atoms with E-state index in [1.807, 2.05) is 4.90 Å². The maximum absolute atomic E-state index is 12.5. The Hall–Kier alpha value is -1.40. The van der Waals surface area contributed by atoms with Crippen molar-refractivity contribution in [3.05, 3.63) is 29.3 Å². The van der Waals surface area contributed by atoms with Crippen LogP contribution in [-0.4, -0.2) is 31.8 Å². The van der Waals surface area contributed by atoms with Crippen molar-refractivity contribution in [1.82, 2.24) is 4.90 Å². The molecule has 0 spiro atoms. The summed E-state index contributed by atoms with van der Waals surface area (Å²) in [6.45, 7) is 4.58. The van der Waals surface area contributed by atoms with Crippen molar-refractivity contribution in [2.75, 3.05) is 6.54 Å². The molecular formula is C14H20N2O3S. The van der Waals surface area contributed by atoms with E-state index in [9.17, 15) is 13.2 Å². The number of hydrogen-bond donors (Lipinski definition) is 1. The number of benzene rings is 1. The lowest BCUT2D eigenvalue weighted by Crippen LogP contribution is -2.35. The molecule has 2 N–H and O–H groups in total. The maximum Gasteiger partial charge on any atom is 0.254 e. The molecule has 1 saturated heterocycles. The van der Waals surface area contributed by atoms with Crippen molar-refractivity contribution >= 4 is 15.9 Å². The Balaban J connectivity index is 2.32. The highest BCUT2D eigenvalue weighted by molar-refractivity contribution is 7.89. The van der Waals surface area contributed by atoms with E-state index in [2.05, 4.69) is 6.92 Å². The van der Waals surface area contributed by atoms with Gasteiger partial charge in [0, 0.05) is 18.2 Å². The topological polar surface area (TPSA) is 80.5 Å². The van der Waals surface area contributed by atoms with E-state index >= 15 is 0 Å². The standard InChI is InChI=1S/C14H20N2O3S/c1-3-11-5-4-8-16(11)14(17)13-7-6-12(9-10(13)2)20(15,18)19/h6-7,9,11H,3-5,8H2,1-2H3,(H2,15,18,19). The molecule has 0 aromatic heterocycles. The lowest BCUT2D eigenvalue weighted by molar-refractivity contribution is 0.0733. The van der Waals surface area contributed by atoms with Gasteiger partial charge in [0.05, 0.1) is 4.90 Å². The second-order valence-electron chi connectivity index (χ2n) is 5.22. The van der Waals surface area contributed by atoms with E-state index < -0.39 is 10.0 Å². The number of carbonyl (C=O) groups is 1. The van der Waals surface area contributed by atoms with Crippen molar-refractivity contribution in [2.24, 2.45) is 5.14 Å². The Morgan fingerprint density at radius 3 is 2.70 bits per heavy atom. The average molecular weight is 296 g/mol. The first-order chi connectivity index (χ1) is 9.34. The van der Waals surface area contributed by atoms with Crippen LogP contribution in [0.25, 0.3) is 0 Å². The van der Waals surface area contributed by atoms with Gasteiger partial charge in [0.1, 0.15) is 0 Å². The fraction of sp³-hybridized carbons (Fsp3) is 0.500. The van der Waals surface area contributed by atoms with Crippen LogP contribution < -0.4 is 5.14 Å². The summed E-state index contributed by atoms with van der Waals surface area (Å²) in [6, 6.07) is 4.70. The van der Waals surface area contributed by atoms with Gasteiger partial charge in [-0.05, 0) is 49.9 Å². The molecule has 1 aromatic rings. The molecule has 5 nitrogen and oxygen atoms in total. The molecule has 0 saturated carbocycles. The van der Waals surface area contributed by atoms with Gasteiger partial charge in [-0.25, -0.2) is 13.6 Å². The molecule has 2 rings (SSSR count). The van der Waals surface area contributed by atoms with E-state index in [0.717, 1.165) is 25.8 Å². The van der Waals surface area contributed by atoms with Crippen LogP contribution in [0, 0.1) is 6.92 Å². The minimum absolute atomic E-state index is 0.0205. The molecule has 1 heterocycles. The number of rotatable bonds is 3. The van der Waals surface area contributed by atoms with Gasteiger partial charge in [0.15, 0.2) is 0 Å². The first-order valence-electron chi connectivity index (χ1n) is 6.79. The molecule has 0 bridgehead atoms. The highest BCUT2D eigenvalue weighted by Crippen LogP contribution is 2.24. The van der Waals surface area contributed by atoms with Gasteiger partial charge < -0.3 is 4.90 Å². The highest BCUT2D eigenvalue weighted by atomic mass is 32.2. The normalized spacial score (nSPS) is 19.4. The van der Waals surface area contributed by atoms with Crippen LogP contribution in [0.5, 0.6) is 0 Å². The minimum Gasteiger partial charge on any atom is -0.336 e. The van der Waals surface area contributed by atoms with Crippen LogP contribution in [0.15, 0.2) is 23.1 Å². The van der Waals surface area contributed by atoms with Crippen LogP contribution in [0.2, 0.25) is 0 Å². The van der Waals surface area contributed by atoms with Crippen molar-refractivity contribution in [3.63, 3.8) is 0 Å². The Morgan fingerprint density at radius 2 is 2.15 bits per heavy atom. The number of primary sulfonamides is 1. The highest BCUT2D eigenvalue weighted by Gasteiger charge is 2.28. The minimum atomic E-state index is -3.73. The average Bonchev–Trinajstić information content (AvgIpc) is 2.85. The summed E-state index contributed by atoms with van der Waals surface area (Å²) in [5.41, 5.74) is 1.20. The molecule has 20 heavy (non-hydrogen) atoms. The molecule has 110 valence electrons. The van der Waals surface area contributed by atoms with Crippen molar-refractivity contribution in [2.45, 2.75) is 44.0 Å². The Morgan fingerprint density at radius 1 is 1.45 bits per heavy atom. The van der Waals surface area contributed by atoms with Crippen LogP contribution in [0.4, 0.5) is 0 Å². The molecule has 1 aliphatic heterocycles. The van der Waals surface area contributed by atoms with Crippen LogP contribution in [0.1, 0.15) is 42.1 Å². The SMILES string of the molecule is CCC1CCCN1C(=O)c1ccc(S(N)(=O)=O)cc1C. The molecule has 1 fully saturated rings. The number of aryl methyl sites for hydroxylation is 1. The molecule has 1 unspecified atom stereocenters. The van der Waals surface area contributed by atoms with Crippen LogP contribution in [-0.2, 0) is 10.0 Å². The fourth-order valence-electron chi connectivity index (χ4n) is 2.74. The Labute approximate surface area is 119 Å². The van der Waals surface area contributed by atoms with E-state index in [4.69, 9.17) is 5.14 Å². The predicted molar refractivity (Wildman–Crippen MR) is 76.9 cm³/mol. The molecule has 1 atom stereocenters. The van der Waals surface area contributed by atoms with E-state index in [-0.39, 0.29) is 10.8 Å². The lowest BCUT2D eigenvalue weighted by Gasteiger charge is -2.24. The maximum atomic E-state index is 12.5. The van der Waals surface area contributed by atoms with Gasteiger partial charge in [0.25, 0.3) is 5.91 Å². The lowest BCUT2D eigenvalue weighted by atomic mass is 10.1. The van der Waals surface area contributed by atoms with Gasteiger partial charge in [-0.3, -0.25) is 4.79 Å². The third kappa shape index (κ3) is 2.86. The second-order valence-corrected chi connectivity index (χ2v) is 6.79. The van der Waals surface area contributed by atoms with Gasteiger partial charge in [-0.15, -0.1) is 0 Å². The number of hydrogen-bond acceptors (Lipinski definition) is 3. The predicted octanol–water partition coefficient (Wildman–Crippen LogP) is 1.66. The van der Waals surface area contributed by atoms with Gasteiger partial charge in [-0.1, -0.05) is 6.92 Å². The zero-order chi connectivity index (χ0) is 14.9. The van der Waals surface area contributed by atoms with Gasteiger partial charge >= 0.3 is 0 Å². The number of amides is 1. The summed E-state index contributed by atoms with van der Waals surface area (Å²) in [7, 11) is -3.73. The number of nitrogens with two attached hydrogens (primary N) is 1. The van der Waals surface area contributed by atoms with Crippen molar-refractivity contribution in [1.29, 1.82) is 0 Å². The number of nitrogens with zero attached hydrogens (tertiary/aromatic N) is 1. The van der Waals surface area contributed by atoms with Crippen molar-refractivity contribution < 1.29 is 13.2 Å². The third-order valence-corrected chi connectivity index (χ3v) is 4.78. The first kappa shape index (κ1) is 15.0. The number of carbonyl (C=O) groups excluding carboxylic acids is 1. The smallest absolute Gasteiger partial charge is 0.254 e. The summed E-state index contributed by atoms with van der Waals surface area (Å²) in [5.74, 6) is -0.0205. The zero-order valence-electron chi connectivity index (χ0n) is 11.8. The van der Waals surface area contributed by atoms with Crippen LogP contribution in [0.3, 0.4) is 0 Å². The molecule has 1 aliphatic rings. The molecular weight excluding hydrogens is 276 g/mol. The van der Waals surface area contributed by atoms with Crippen LogP contribution >= 0.6 is 0 Å². The monoisotopic (exact) mass is 296 g/mol. The first-order valence-corrected chi connectivity index (χ1v) is 8.33. The van der Waals surface area contributed by atoms with Crippen molar-refractivity contribution in [3.8, 4) is 0 Å². The fourth-order valence-corrected chi connectivity index (χ4v) is 3.33. The zero-order valence-corrected chi connectivity index (χ0v) is 12.6. The number of likely N-dealkylation sites (tertiary alicyclic amines) is 1. The molecule has 0 radical (unpaired) electrons. The molecule has 0 aliphatic carbocycles. The summed E-state index contributed by atoms with van der Waals surface area (Å²) < 4.78 is 22.6. The molecule has 6 heteroatoms.